The summed E-state index contributed by atoms with van der Waals surface area (Å²) >= 11 is 3.29. The van der Waals surface area contributed by atoms with Gasteiger partial charge in [0, 0.05) is 13.0 Å². The van der Waals surface area contributed by atoms with Gasteiger partial charge in [0.2, 0.25) is 0 Å². The summed E-state index contributed by atoms with van der Waals surface area (Å²) in [4.78, 5) is 0. The Morgan fingerprint density at radius 1 is 1.38 bits per heavy atom. The first-order valence-electron chi connectivity index (χ1n) is 5.26. The molecule has 1 atom stereocenters. The van der Waals surface area contributed by atoms with Crippen molar-refractivity contribution in [2.75, 3.05) is 6.54 Å². The van der Waals surface area contributed by atoms with Crippen molar-refractivity contribution >= 4 is 15.9 Å². The Labute approximate surface area is 103 Å². The number of hydrogen-bond acceptors (Lipinski definition) is 3. The number of hydrogen-bond donors (Lipinski definition) is 1. The third kappa shape index (κ3) is 3.00. The van der Waals surface area contributed by atoms with Gasteiger partial charge in [0.05, 0.1) is 12.3 Å². The summed E-state index contributed by atoms with van der Waals surface area (Å²) in [7, 11) is 0. The number of halogens is 1. The van der Waals surface area contributed by atoms with Crippen molar-refractivity contribution in [2.24, 2.45) is 0 Å². The van der Waals surface area contributed by atoms with Crippen molar-refractivity contribution in [1.29, 1.82) is 0 Å². The molecule has 2 aromatic rings. The van der Waals surface area contributed by atoms with E-state index in [-0.39, 0.29) is 6.04 Å². The van der Waals surface area contributed by atoms with E-state index in [2.05, 4.69) is 28.2 Å². The van der Waals surface area contributed by atoms with Crippen LogP contribution in [0.2, 0.25) is 0 Å². The Morgan fingerprint density at radius 2 is 2.25 bits per heavy atom. The molecule has 0 aliphatic rings. The molecular weight excluding hydrogens is 270 g/mol. The minimum atomic E-state index is 0.210. The van der Waals surface area contributed by atoms with Crippen molar-refractivity contribution in [1.82, 2.24) is 5.32 Å². The van der Waals surface area contributed by atoms with Crippen LogP contribution in [0.1, 0.15) is 24.5 Å². The Morgan fingerprint density at radius 3 is 2.88 bits per heavy atom. The lowest BCUT2D eigenvalue weighted by Crippen LogP contribution is -2.20. The van der Waals surface area contributed by atoms with Gasteiger partial charge in [-0.1, -0.05) is 0 Å². The summed E-state index contributed by atoms with van der Waals surface area (Å²) < 4.78 is 11.5. The molecular formula is C12H14BrNO2. The molecule has 0 saturated carbocycles. The van der Waals surface area contributed by atoms with Crippen LogP contribution < -0.4 is 5.32 Å². The van der Waals surface area contributed by atoms with Gasteiger partial charge in [-0.05, 0) is 47.1 Å². The summed E-state index contributed by atoms with van der Waals surface area (Å²) in [6.45, 7) is 2.94. The van der Waals surface area contributed by atoms with Crippen molar-refractivity contribution < 1.29 is 8.83 Å². The van der Waals surface area contributed by atoms with Crippen LogP contribution in [0.15, 0.2) is 44.0 Å². The molecule has 0 aliphatic carbocycles. The topological polar surface area (TPSA) is 38.3 Å². The standard InChI is InChI=1S/C12H14BrNO2/c1-9(11-4-5-12(13)16-11)14-7-6-10-3-2-8-15-10/h2-5,8-9,14H,6-7H2,1H3. The highest BCUT2D eigenvalue weighted by Gasteiger charge is 2.08. The second-order valence-electron chi connectivity index (χ2n) is 3.65. The second kappa shape index (κ2) is 5.37. The Hall–Kier alpha value is -1.000. The first-order valence-corrected chi connectivity index (χ1v) is 6.06. The highest BCUT2D eigenvalue weighted by atomic mass is 79.9. The zero-order valence-electron chi connectivity index (χ0n) is 9.07. The molecule has 0 aromatic carbocycles. The largest absolute Gasteiger partial charge is 0.469 e. The van der Waals surface area contributed by atoms with Crippen LogP contribution in [0, 0.1) is 0 Å². The van der Waals surface area contributed by atoms with E-state index in [1.807, 2.05) is 24.3 Å². The van der Waals surface area contributed by atoms with E-state index in [9.17, 15) is 0 Å². The molecule has 16 heavy (non-hydrogen) atoms. The van der Waals surface area contributed by atoms with E-state index in [4.69, 9.17) is 8.83 Å². The maximum atomic E-state index is 5.46. The van der Waals surface area contributed by atoms with Crippen molar-refractivity contribution in [3.8, 4) is 0 Å². The Bertz CT molecular complexity index is 422. The van der Waals surface area contributed by atoms with Crippen LogP contribution in [-0.4, -0.2) is 6.54 Å². The molecule has 86 valence electrons. The normalized spacial score (nSPS) is 12.9. The molecule has 0 radical (unpaired) electrons. The van der Waals surface area contributed by atoms with Gasteiger partial charge in [-0.25, -0.2) is 0 Å². The fourth-order valence-electron chi connectivity index (χ4n) is 1.53. The zero-order chi connectivity index (χ0) is 11.4. The maximum Gasteiger partial charge on any atom is 0.169 e. The maximum absolute atomic E-state index is 5.46. The lowest BCUT2D eigenvalue weighted by molar-refractivity contribution is 0.413. The molecule has 1 unspecified atom stereocenters. The predicted octanol–water partition coefficient (Wildman–Crippen LogP) is 3.53. The molecule has 2 rings (SSSR count). The van der Waals surface area contributed by atoms with Crippen LogP contribution in [0.25, 0.3) is 0 Å². The van der Waals surface area contributed by atoms with Crippen molar-refractivity contribution in [2.45, 2.75) is 19.4 Å². The third-order valence-electron chi connectivity index (χ3n) is 2.42. The molecule has 0 spiro atoms. The Balaban J connectivity index is 1.78. The molecule has 0 fully saturated rings. The van der Waals surface area contributed by atoms with E-state index < -0.39 is 0 Å². The lowest BCUT2D eigenvalue weighted by atomic mass is 10.2. The SMILES string of the molecule is CC(NCCc1ccco1)c1ccc(Br)o1. The minimum absolute atomic E-state index is 0.210. The molecule has 2 heterocycles. The highest BCUT2D eigenvalue weighted by molar-refractivity contribution is 9.10. The van der Waals surface area contributed by atoms with Gasteiger partial charge in [-0.2, -0.15) is 0 Å². The van der Waals surface area contributed by atoms with Gasteiger partial charge in [-0.3, -0.25) is 0 Å². The summed E-state index contributed by atoms with van der Waals surface area (Å²) in [5, 5.41) is 3.38. The Kier molecular flexibility index (Phi) is 3.85. The average molecular weight is 284 g/mol. The van der Waals surface area contributed by atoms with Crippen LogP contribution >= 0.6 is 15.9 Å². The lowest BCUT2D eigenvalue weighted by Gasteiger charge is -2.10. The average Bonchev–Trinajstić information content (AvgIpc) is 2.89. The molecule has 2 aromatic heterocycles. The number of nitrogens with one attached hydrogen (secondary N) is 1. The first kappa shape index (κ1) is 11.5. The molecule has 1 N–H and O–H groups in total. The summed E-state index contributed by atoms with van der Waals surface area (Å²) in [5.74, 6) is 1.94. The molecule has 0 amide bonds. The second-order valence-corrected chi connectivity index (χ2v) is 4.43. The summed E-state index contributed by atoms with van der Waals surface area (Å²) in [6.07, 6.45) is 2.58. The van der Waals surface area contributed by atoms with Crippen LogP contribution in [0.3, 0.4) is 0 Å². The summed E-state index contributed by atoms with van der Waals surface area (Å²) in [6, 6.07) is 7.97. The minimum Gasteiger partial charge on any atom is -0.469 e. The smallest absolute Gasteiger partial charge is 0.169 e. The van der Waals surface area contributed by atoms with Gasteiger partial charge in [0.25, 0.3) is 0 Å². The quantitative estimate of drug-likeness (QED) is 0.912. The van der Waals surface area contributed by atoms with Crippen LogP contribution in [-0.2, 0) is 6.42 Å². The van der Waals surface area contributed by atoms with Gasteiger partial charge >= 0.3 is 0 Å². The van der Waals surface area contributed by atoms with Crippen LogP contribution in [0.5, 0.6) is 0 Å². The van der Waals surface area contributed by atoms with Crippen molar-refractivity contribution in [3.05, 3.63) is 46.7 Å². The summed E-state index contributed by atoms with van der Waals surface area (Å²) in [5.41, 5.74) is 0. The molecule has 0 aliphatic heterocycles. The van der Waals surface area contributed by atoms with E-state index in [1.165, 1.54) is 0 Å². The molecule has 0 bridgehead atoms. The van der Waals surface area contributed by atoms with E-state index in [0.29, 0.717) is 0 Å². The highest BCUT2D eigenvalue weighted by Crippen LogP contribution is 2.19. The third-order valence-corrected chi connectivity index (χ3v) is 2.85. The monoisotopic (exact) mass is 283 g/mol. The van der Waals surface area contributed by atoms with Gasteiger partial charge in [0.1, 0.15) is 11.5 Å². The van der Waals surface area contributed by atoms with Crippen LogP contribution in [0.4, 0.5) is 0 Å². The number of rotatable bonds is 5. The van der Waals surface area contributed by atoms with E-state index >= 15 is 0 Å². The zero-order valence-corrected chi connectivity index (χ0v) is 10.7. The van der Waals surface area contributed by atoms with Gasteiger partial charge in [0.15, 0.2) is 4.67 Å². The van der Waals surface area contributed by atoms with Crippen molar-refractivity contribution in [3.63, 3.8) is 0 Å². The van der Waals surface area contributed by atoms with E-state index in [0.717, 1.165) is 29.2 Å². The fourth-order valence-corrected chi connectivity index (χ4v) is 1.85. The van der Waals surface area contributed by atoms with E-state index in [1.54, 1.807) is 6.26 Å². The van der Waals surface area contributed by atoms with Gasteiger partial charge in [-0.15, -0.1) is 0 Å². The first-order chi connectivity index (χ1) is 7.75. The molecule has 3 nitrogen and oxygen atoms in total. The van der Waals surface area contributed by atoms with Gasteiger partial charge < -0.3 is 14.2 Å². The number of furan rings is 2. The fraction of sp³-hybridized carbons (Fsp3) is 0.333. The molecule has 4 heteroatoms. The molecule has 0 saturated heterocycles. The predicted molar refractivity (Wildman–Crippen MR) is 65.2 cm³/mol.